The summed E-state index contributed by atoms with van der Waals surface area (Å²) in [5, 5.41) is 4.69. The van der Waals surface area contributed by atoms with Crippen molar-refractivity contribution in [3.05, 3.63) is 158 Å². The third-order valence-corrected chi connectivity index (χ3v) is 8.68. The monoisotopic (exact) mass is 574 g/mol. The molecule has 0 bridgehead atoms. The van der Waals surface area contributed by atoms with Gasteiger partial charge in [-0.2, -0.15) is 0 Å². The Morgan fingerprint density at radius 2 is 1.07 bits per heavy atom. The van der Waals surface area contributed by atoms with Crippen LogP contribution in [0.4, 0.5) is 0 Å². The highest BCUT2D eigenvalue weighted by atomic mass is 15.1. The second kappa shape index (κ2) is 10.2. The molecule has 210 valence electrons. The summed E-state index contributed by atoms with van der Waals surface area (Å²) in [6.07, 6.45) is 3.73. The molecule has 0 aliphatic carbocycles. The van der Waals surface area contributed by atoms with Crippen LogP contribution in [0.5, 0.6) is 0 Å². The number of benzene rings is 6. The van der Waals surface area contributed by atoms with Crippen molar-refractivity contribution in [2.45, 2.75) is 0 Å². The van der Waals surface area contributed by atoms with Crippen molar-refractivity contribution in [3.8, 4) is 44.8 Å². The minimum atomic E-state index is 0.689. The van der Waals surface area contributed by atoms with Gasteiger partial charge >= 0.3 is 0 Å². The molecule has 0 fully saturated rings. The van der Waals surface area contributed by atoms with E-state index in [2.05, 4.69) is 143 Å². The smallest absolute Gasteiger partial charge is 0.235 e. The van der Waals surface area contributed by atoms with Crippen LogP contribution >= 0.6 is 0 Å². The molecule has 4 heteroatoms. The minimum absolute atomic E-state index is 0.689. The molecule has 0 saturated carbocycles. The van der Waals surface area contributed by atoms with Crippen LogP contribution in [-0.2, 0) is 0 Å². The Labute approximate surface area is 259 Å². The van der Waals surface area contributed by atoms with E-state index in [4.69, 9.17) is 9.97 Å². The number of nitrogens with zero attached hydrogens (tertiary/aromatic N) is 4. The van der Waals surface area contributed by atoms with Crippen molar-refractivity contribution in [3.63, 3.8) is 0 Å². The number of hydrogen-bond acceptors (Lipinski definition) is 3. The lowest BCUT2D eigenvalue weighted by molar-refractivity contribution is 1.15. The van der Waals surface area contributed by atoms with Crippen LogP contribution in [0.3, 0.4) is 0 Å². The van der Waals surface area contributed by atoms with Crippen molar-refractivity contribution in [2.75, 3.05) is 0 Å². The SMILES string of the molecule is c1ccc(-c2cc(-c3c4ccccc4c(-c4cccc(-c5cccnc5)c4)c4ccccc34)nc3nc4ccccc4n23)cc1. The average Bonchev–Trinajstić information content (AvgIpc) is 3.49. The van der Waals surface area contributed by atoms with Crippen LogP contribution in [0.15, 0.2) is 158 Å². The van der Waals surface area contributed by atoms with Gasteiger partial charge < -0.3 is 0 Å². The summed E-state index contributed by atoms with van der Waals surface area (Å²) in [5.41, 5.74) is 10.8. The van der Waals surface area contributed by atoms with E-state index in [-0.39, 0.29) is 0 Å². The first-order valence-electron chi connectivity index (χ1n) is 15.1. The molecule has 0 saturated heterocycles. The van der Waals surface area contributed by atoms with Crippen molar-refractivity contribution in [2.24, 2.45) is 0 Å². The number of para-hydroxylation sites is 2. The van der Waals surface area contributed by atoms with Gasteiger partial charge in [0.25, 0.3) is 0 Å². The Kier molecular flexibility index (Phi) is 5.78. The number of fused-ring (bicyclic) bond motifs is 5. The summed E-state index contributed by atoms with van der Waals surface area (Å²) in [6, 6.07) is 51.3. The van der Waals surface area contributed by atoms with E-state index in [1.54, 1.807) is 0 Å². The lowest BCUT2D eigenvalue weighted by atomic mass is 9.86. The molecule has 45 heavy (non-hydrogen) atoms. The molecule has 0 amide bonds. The third kappa shape index (κ3) is 4.11. The fraction of sp³-hybridized carbons (Fsp3) is 0. The molecule has 0 spiro atoms. The van der Waals surface area contributed by atoms with Crippen LogP contribution in [-0.4, -0.2) is 19.4 Å². The van der Waals surface area contributed by atoms with E-state index in [1.165, 1.54) is 21.9 Å². The van der Waals surface area contributed by atoms with Gasteiger partial charge in [0, 0.05) is 23.5 Å². The highest BCUT2D eigenvalue weighted by Crippen LogP contribution is 2.44. The molecule has 0 atom stereocenters. The average molecular weight is 575 g/mol. The molecule has 0 aliphatic rings. The van der Waals surface area contributed by atoms with Gasteiger partial charge in [0.2, 0.25) is 5.78 Å². The van der Waals surface area contributed by atoms with Crippen LogP contribution in [0, 0.1) is 0 Å². The number of hydrogen-bond donors (Lipinski definition) is 0. The van der Waals surface area contributed by atoms with Crippen LogP contribution in [0.1, 0.15) is 0 Å². The molecule has 0 aliphatic heterocycles. The molecule has 9 rings (SSSR count). The molecule has 3 heterocycles. The van der Waals surface area contributed by atoms with Gasteiger partial charge in [-0.25, -0.2) is 9.97 Å². The molecule has 0 radical (unpaired) electrons. The molecule has 0 N–H and O–H groups in total. The highest BCUT2D eigenvalue weighted by Gasteiger charge is 2.20. The maximum Gasteiger partial charge on any atom is 0.235 e. The van der Waals surface area contributed by atoms with Crippen LogP contribution in [0.25, 0.3) is 83.1 Å². The number of rotatable bonds is 4. The number of aromatic nitrogens is 4. The fourth-order valence-corrected chi connectivity index (χ4v) is 6.71. The molecule has 4 nitrogen and oxygen atoms in total. The summed E-state index contributed by atoms with van der Waals surface area (Å²) < 4.78 is 2.18. The summed E-state index contributed by atoms with van der Waals surface area (Å²) in [5.74, 6) is 0.689. The van der Waals surface area contributed by atoms with E-state index in [0.29, 0.717) is 5.78 Å². The second-order valence-corrected chi connectivity index (χ2v) is 11.3. The Bertz CT molecular complexity index is 2480. The normalized spacial score (nSPS) is 11.6. The van der Waals surface area contributed by atoms with Gasteiger partial charge in [-0.1, -0.05) is 115 Å². The second-order valence-electron chi connectivity index (χ2n) is 11.3. The molecule has 6 aromatic carbocycles. The maximum absolute atomic E-state index is 5.27. The maximum atomic E-state index is 5.27. The Morgan fingerprint density at radius 3 is 1.80 bits per heavy atom. The molecule has 9 aromatic rings. The minimum Gasteiger partial charge on any atom is -0.276 e. The van der Waals surface area contributed by atoms with Crippen molar-refractivity contribution in [1.82, 2.24) is 19.4 Å². The zero-order valence-electron chi connectivity index (χ0n) is 24.3. The molecular formula is C41H26N4. The highest BCUT2D eigenvalue weighted by molar-refractivity contribution is 6.21. The predicted octanol–water partition coefficient (Wildman–Crippen LogP) is 10.3. The largest absolute Gasteiger partial charge is 0.276 e. The topological polar surface area (TPSA) is 43.1 Å². The van der Waals surface area contributed by atoms with Gasteiger partial charge in [0.1, 0.15) is 0 Å². The van der Waals surface area contributed by atoms with Crippen molar-refractivity contribution in [1.29, 1.82) is 0 Å². The third-order valence-electron chi connectivity index (χ3n) is 8.68. The van der Waals surface area contributed by atoms with Gasteiger partial charge in [0.05, 0.1) is 22.4 Å². The van der Waals surface area contributed by atoms with Crippen molar-refractivity contribution >= 4 is 38.4 Å². The number of imidazole rings is 1. The Morgan fingerprint density at radius 1 is 0.444 bits per heavy atom. The van der Waals surface area contributed by atoms with E-state index in [1.807, 2.05) is 24.5 Å². The first-order chi connectivity index (χ1) is 22.3. The van der Waals surface area contributed by atoms with E-state index >= 15 is 0 Å². The van der Waals surface area contributed by atoms with Crippen LogP contribution < -0.4 is 0 Å². The van der Waals surface area contributed by atoms with Gasteiger partial charge in [-0.15, -0.1) is 0 Å². The standard InChI is InChI=1S/C41H26N4/c1-2-12-27(13-3-1)38-25-36(44-41-43-35-21-8-9-22-37(35)45(38)41)40-33-19-6-4-17-31(33)39(32-18-5-7-20-34(32)40)29-15-10-14-28(24-29)30-16-11-23-42-26-30/h1-26H. The first-order valence-corrected chi connectivity index (χ1v) is 15.1. The molecular weight excluding hydrogens is 548 g/mol. The predicted molar refractivity (Wildman–Crippen MR) is 185 cm³/mol. The zero-order chi connectivity index (χ0) is 29.7. The lowest BCUT2D eigenvalue weighted by Crippen LogP contribution is -1.99. The lowest BCUT2D eigenvalue weighted by Gasteiger charge is -2.18. The van der Waals surface area contributed by atoms with Crippen molar-refractivity contribution < 1.29 is 0 Å². The molecule has 3 aromatic heterocycles. The van der Waals surface area contributed by atoms with Gasteiger partial charge in [-0.05, 0) is 74.1 Å². The number of pyridine rings is 1. The van der Waals surface area contributed by atoms with Crippen LogP contribution in [0.2, 0.25) is 0 Å². The van der Waals surface area contributed by atoms with Gasteiger partial charge in [-0.3, -0.25) is 9.38 Å². The van der Waals surface area contributed by atoms with E-state index < -0.39 is 0 Å². The summed E-state index contributed by atoms with van der Waals surface area (Å²) in [7, 11) is 0. The van der Waals surface area contributed by atoms with E-state index in [9.17, 15) is 0 Å². The first kappa shape index (κ1) is 25.4. The Hall–Kier alpha value is -6.13. The summed E-state index contributed by atoms with van der Waals surface area (Å²) in [4.78, 5) is 14.6. The summed E-state index contributed by atoms with van der Waals surface area (Å²) in [6.45, 7) is 0. The Balaban J connectivity index is 1.37. The van der Waals surface area contributed by atoms with E-state index in [0.717, 1.165) is 55.4 Å². The molecule has 0 unspecified atom stereocenters. The quantitative estimate of drug-likeness (QED) is 0.196. The zero-order valence-corrected chi connectivity index (χ0v) is 24.3. The fourth-order valence-electron chi connectivity index (χ4n) is 6.71. The van der Waals surface area contributed by atoms with Gasteiger partial charge in [0.15, 0.2) is 0 Å². The summed E-state index contributed by atoms with van der Waals surface area (Å²) >= 11 is 0.